The van der Waals surface area contributed by atoms with E-state index in [-0.39, 0.29) is 0 Å². The van der Waals surface area contributed by atoms with E-state index in [1.54, 1.807) is 20.1 Å². The predicted molar refractivity (Wildman–Crippen MR) is 137 cm³/mol. The second kappa shape index (κ2) is 10.7. The minimum Gasteiger partial charge on any atom is -0.480 e. The van der Waals surface area contributed by atoms with Gasteiger partial charge in [0.2, 0.25) is 17.6 Å². The molecular weight excluding hydrogens is 476 g/mol. The number of aliphatic carboxylic acids is 1. The zero-order valence-corrected chi connectivity index (χ0v) is 21.9. The smallest absolute Gasteiger partial charge is 0.319 e. The molecule has 0 saturated heterocycles. The number of hydrogen-bond donors (Lipinski definition) is 1. The maximum Gasteiger partial charge on any atom is 0.319 e. The Balaban J connectivity index is 1.51. The fraction of sp³-hybridized carbons (Fsp3) is 0.333. The molecule has 0 aliphatic rings. The molecule has 0 fully saturated rings. The number of carboxylic acids is 1. The topological polar surface area (TPSA) is 105 Å². The van der Waals surface area contributed by atoms with Crippen LogP contribution in [0.15, 0.2) is 62.6 Å². The van der Waals surface area contributed by atoms with Crippen molar-refractivity contribution in [2.75, 3.05) is 0 Å². The van der Waals surface area contributed by atoms with Crippen molar-refractivity contribution in [3.05, 3.63) is 82.9 Å². The lowest BCUT2D eigenvalue weighted by molar-refractivity contribution is -0.138. The van der Waals surface area contributed by atoms with Crippen molar-refractivity contribution in [3.63, 3.8) is 0 Å². The van der Waals surface area contributed by atoms with Crippen molar-refractivity contribution >= 4 is 17.7 Å². The van der Waals surface area contributed by atoms with Gasteiger partial charge in [0.05, 0.1) is 18.8 Å². The maximum atomic E-state index is 11.5. The van der Waals surface area contributed by atoms with Gasteiger partial charge < -0.3 is 14.0 Å². The lowest BCUT2D eigenvalue weighted by Gasteiger charge is -2.20. The Kier molecular flexibility index (Phi) is 7.61. The molecule has 0 aliphatic heterocycles. The zero-order chi connectivity index (χ0) is 25.9. The molecule has 0 saturated carbocycles. The van der Waals surface area contributed by atoms with E-state index in [1.165, 1.54) is 17.3 Å². The first-order chi connectivity index (χ1) is 17.1. The third-order valence-electron chi connectivity index (χ3n) is 5.69. The molecule has 4 rings (SSSR count). The van der Waals surface area contributed by atoms with Gasteiger partial charge in [-0.2, -0.15) is 4.98 Å². The van der Waals surface area contributed by atoms with Gasteiger partial charge in [-0.25, -0.2) is 4.98 Å². The first kappa shape index (κ1) is 25.7. The van der Waals surface area contributed by atoms with E-state index >= 15 is 0 Å². The number of rotatable bonds is 10. The first-order valence-corrected chi connectivity index (χ1v) is 12.5. The van der Waals surface area contributed by atoms with Gasteiger partial charge in [0.1, 0.15) is 11.0 Å². The second-order valence-electron chi connectivity index (χ2n) is 9.42. The number of benzene rings is 2. The summed E-state index contributed by atoms with van der Waals surface area (Å²) in [5.74, 6) is 0.834. The quantitative estimate of drug-likeness (QED) is 0.267. The average molecular weight is 507 g/mol. The van der Waals surface area contributed by atoms with Gasteiger partial charge >= 0.3 is 5.97 Å². The summed E-state index contributed by atoms with van der Waals surface area (Å²) in [5, 5.41) is 13.6. The number of oxazole rings is 1. The van der Waals surface area contributed by atoms with Gasteiger partial charge in [-0.15, -0.1) is 11.8 Å². The molecule has 188 valence electrons. The van der Waals surface area contributed by atoms with Gasteiger partial charge in [-0.05, 0) is 57.9 Å². The first-order valence-electron chi connectivity index (χ1n) is 11.6. The van der Waals surface area contributed by atoms with Crippen LogP contribution in [0, 0.1) is 20.8 Å². The molecule has 0 unspecified atom stereocenters. The minimum atomic E-state index is -0.901. The molecule has 0 spiro atoms. The number of thioether (sulfide) groups is 1. The highest BCUT2D eigenvalue weighted by Gasteiger charge is 2.28. The molecule has 2 aromatic carbocycles. The van der Waals surface area contributed by atoms with E-state index in [2.05, 4.69) is 33.0 Å². The third kappa shape index (κ3) is 6.41. The Morgan fingerprint density at radius 2 is 1.72 bits per heavy atom. The Morgan fingerprint density at radius 1 is 1.00 bits per heavy atom. The second-order valence-corrected chi connectivity index (χ2v) is 11.1. The fourth-order valence-electron chi connectivity index (χ4n) is 3.78. The number of aromatic nitrogens is 3. The van der Waals surface area contributed by atoms with E-state index in [9.17, 15) is 9.90 Å². The molecule has 0 amide bonds. The van der Waals surface area contributed by atoms with Crippen LogP contribution in [0.25, 0.3) is 11.4 Å². The van der Waals surface area contributed by atoms with Crippen molar-refractivity contribution in [3.8, 4) is 11.4 Å². The largest absolute Gasteiger partial charge is 0.480 e. The number of hydrogen-bond acceptors (Lipinski definition) is 8. The van der Waals surface area contributed by atoms with Crippen molar-refractivity contribution < 1.29 is 18.8 Å². The molecule has 0 radical (unpaired) electrons. The Bertz CT molecular complexity index is 1340. The normalized spacial score (nSPS) is 11.8. The number of carbonyl (C=O) groups is 1. The van der Waals surface area contributed by atoms with E-state index in [1.807, 2.05) is 50.2 Å². The van der Waals surface area contributed by atoms with Crippen LogP contribution in [0.5, 0.6) is 0 Å². The van der Waals surface area contributed by atoms with E-state index in [0.717, 1.165) is 27.3 Å². The highest BCUT2D eigenvalue weighted by molar-refractivity contribution is 8.01. The van der Waals surface area contributed by atoms with Gasteiger partial charge in [0, 0.05) is 17.0 Å². The highest BCUT2D eigenvalue weighted by Crippen LogP contribution is 2.33. The van der Waals surface area contributed by atoms with Gasteiger partial charge in [0.25, 0.3) is 0 Å². The number of nitrogens with zero attached hydrogens (tertiary/aromatic N) is 4. The molecule has 4 aromatic rings. The molecule has 2 heterocycles. The fourth-order valence-corrected chi connectivity index (χ4v) is 4.73. The average Bonchev–Trinajstić information content (AvgIpc) is 3.43. The molecular formula is C27H30N4O4S. The summed E-state index contributed by atoms with van der Waals surface area (Å²) in [5.41, 5.74) is 5.11. The van der Waals surface area contributed by atoms with Crippen LogP contribution in [0.2, 0.25) is 0 Å². The van der Waals surface area contributed by atoms with Gasteiger partial charge in [-0.1, -0.05) is 41.1 Å². The summed E-state index contributed by atoms with van der Waals surface area (Å²) in [6.07, 6.45) is 1.63. The monoisotopic (exact) mass is 506 g/mol. The van der Waals surface area contributed by atoms with Gasteiger partial charge in [0.15, 0.2) is 0 Å². The Hall–Kier alpha value is -3.43. The lowest BCUT2D eigenvalue weighted by Crippen LogP contribution is -2.26. The summed E-state index contributed by atoms with van der Waals surface area (Å²) in [6, 6.07) is 14.0. The Labute approximate surface area is 214 Å². The van der Waals surface area contributed by atoms with Crippen LogP contribution in [0.1, 0.15) is 48.0 Å². The molecule has 0 atom stereocenters. The summed E-state index contributed by atoms with van der Waals surface area (Å²) >= 11 is 1.32. The number of carboxylic acid groups (broad SMARTS) is 1. The molecule has 9 heteroatoms. The summed E-state index contributed by atoms with van der Waals surface area (Å²) in [7, 11) is 0. The van der Waals surface area contributed by atoms with Crippen LogP contribution < -0.4 is 0 Å². The molecule has 8 nitrogen and oxygen atoms in total. The summed E-state index contributed by atoms with van der Waals surface area (Å²) in [6.45, 7) is 10.9. The zero-order valence-electron chi connectivity index (χ0n) is 21.1. The Morgan fingerprint density at radius 3 is 2.36 bits per heavy atom. The third-order valence-corrected chi connectivity index (χ3v) is 6.89. The van der Waals surface area contributed by atoms with Crippen molar-refractivity contribution in [1.82, 2.24) is 20.0 Å². The van der Waals surface area contributed by atoms with Crippen LogP contribution in [0.4, 0.5) is 0 Å². The molecule has 0 aliphatic carbocycles. The van der Waals surface area contributed by atoms with Crippen molar-refractivity contribution in [1.29, 1.82) is 0 Å². The van der Waals surface area contributed by atoms with Crippen LogP contribution in [-0.2, 0) is 24.4 Å². The predicted octanol–water partition coefficient (Wildman–Crippen LogP) is 5.81. The van der Waals surface area contributed by atoms with E-state index in [4.69, 9.17) is 8.94 Å². The van der Waals surface area contributed by atoms with Crippen LogP contribution in [-0.4, -0.2) is 35.8 Å². The van der Waals surface area contributed by atoms with Crippen LogP contribution >= 0.6 is 11.8 Å². The van der Waals surface area contributed by atoms with Gasteiger partial charge in [-0.3, -0.25) is 9.69 Å². The highest BCUT2D eigenvalue weighted by atomic mass is 32.2. The van der Waals surface area contributed by atoms with Crippen molar-refractivity contribution in [2.24, 2.45) is 0 Å². The van der Waals surface area contributed by atoms with E-state index < -0.39 is 10.7 Å². The molecule has 0 bridgehead atoms. The minimum absolute atomic E-state index is 0.419. The maximum absolute atomic E-state index is 11.5. The summed E-state index contributed by atoms with van der Waals surface area (Å²) < 4.78 is 10.3. The lowest BCUT2D eigenvalue weighted by atomic mass is 10.1. The SMILES string of the molecule is Cc1ccc(-c2noc(CN(Cc3ccc(SC(C)(C)C(=O)O)cc3)Cc3nc(C)co3)n2)c(C)c1. The molecule has 2 aromatic heterocycles. The van der Waals surface area contributed by atoms with E-state index in [0.29, 0.717) is 37.2 Å². The number of aryl methyl sites for hydroxylation is 3. The van der Waals surface area contributed by atoms with Crippen molar-refractivity contribution in [2.45, 2.75) is 63.9 Å². The molecule has 1 N–H and O–H groups in total. The molecule has 36 heavy (non-hydrogen) atoms. The van der Waals surface area contributed by atoms with Crippen LogP contribution in [0.3, 0.4) is 0 Å². The standard InChI is InChI=1S/C27H30N4O4S/c1-17-6-11-22(18(2)12-17)25-29-24(35-30-25)15-31(14-23-28-19(3)16-34-23)13-20-7-9-21(10-8-20)36-27(4,5)26(32)33/h6-12,16H,13-15H2,1-5H3,(H,32,33). The summed E-state index contributed by atoms with van der Waals surface area (Å²) in [4.78, 5) is 23.6.